The van der Waals surface area contributed by atoms with Crippen LogP contribution in [-0.4, -0.2) is 38.0 Å². The first-order valence-electron chi connectivity index (χ1n) is 10.3. The third-order valence-corrected chi connectivity index (χ3v) is 6.57. The fraction of sp³-hybridized carbons (Fsp3) is 0.333. The van der Waals surface area contributed by atoms with Gasteiger partial charge in [-0.2, -0.15) is 0 Å². The number of carbonyl (C=O) groups excluding carboxylic acids is 1. The van der Waals surface area contributed by atoms with Crippen molar-refractivity contribution in [1.29, 1.82) is 0 Å². The highest BCUT2D eigenvalue weighted by Crippen LogP contribution is 2.40. The van der Waals surface area contributed by atoms with Crippen LogP contribution in [0.4, 0.5) is 5.69 Å². The summed E-state index contributed by atoms with van der Waals surface area (Å²) in [5, 5.41) is 4.07. The molecular formula is C24H26N2O4S. The van der Waals surface area contributed by atoms with E-state index in [-0.39, 0.29) is 5.91 Å². The van der Waals surface area contributed by atoms with Crippen LogP contribution in [0.5, 0.6) is 17.2 Å². The van der Waals surface area contributed by atoms with Gasteiger partial charge in [0.15, 0.2) is 11.5 Å². The average Bonchev–Trinajstić information content (AvgIpc) is 2.80. The molecule has 0 saturated carbocycles. The minimum Gasteiger partial charge on any atom is -0.493 e. The predicted octanol–water partition coefficient (Wildman–Crippen LogP) is 4.87. The second-order valence-corrected chi connectivity index (χ2v) is 8.33. The van der Waals surface area contributed by atoms with Gasteiger partial charge in [0.05, 0.1) is 32.6 Å². The number of hydrogen-bond acceptors (Lipinski definition) is 6. The lowest BCUT2D eigenvalue weighted by molar-refractivity contribution is -0.113. The maximum absolute atomic E-state index is 12.8. The fourth-order valence-corrected chi connectivity index (χ4v) is 5.05. The number of rotatable bonds is 7. The number of methoxy groups -OCH3 is 3. The van der Waals surface area contributed by atoms with Gasteiger partial charge >= 0.3 is 0 Å². The van der Waals surface area contributed by atoms with Gasteiger partial charge in [0.1, 0.15) is 0 Å². The Balaban J connectivity index is 1.55. The van der Waals surface area contributed by atoms with Gasteiger partial charge in [0, 0.05) is 33.8 Å². The van der Waals surface area contributed by atoms with Crippen LogP contribution < -0.4 is 19.5 Å². The molecule has 6 nitrogen and oxygen atoms in total. The largest absolute Gasteiger partial charge is 0.493 e. The molecule has 0 aliphatic heterocycles. The molecule has 1 heterocycles. The lowest BCUT2D eigenvalue weighted by Gasteiger charge is -2.20. The SMILES string of the molecule is COc1cc(NC(=O)CSc2c3c(nc4ccccc24)CCCC3)cc(OC)c1OC. The number of aryl methyl sites for hydroxylation is 1. The van der Waals surface area contributed by atoms with Crippen LogP contribution in [0.1, 0.15) is 24.1 Å². The van der Waals surface area contributed by atoms with E-state index in [0.717, 1.165) is 30.2 Å². The Hall–Kier alpha value is -2.93. The number of amides is 1. The van der Waals surface area contributed by atoms with Crippen molar-refractivity contribution in [1.82, 2.24) is 4.98 Å². The lowest BCUT2D eigenvalue weighted by Crippen LogP contribution is -2.15. The van der Waals surface area contributed by atoms with Crippen molar-refractivity contribution in [3.05, 3.63) is 47.7 Å². The minimum atomic E-state index is -0.0928. The number of thioether (sulfide) groups is 1. The summed E-state index contributed by atoms with van der Waals surface area (Å²) in [6.07, 6.45) is 4.36. The lowest BCUT2D eigenvalue weighted by atomic mass is 9.94. The summed E-state index contributed by atoms with van der Waals surface area (Å²) in [5.74, 6) is 1.70. The van der Waals surface area contributed by atoms with Gasteiger partial charge in [0.2, 0.25) is 11.7 Å². The van der Waals surface area contributed by atoms with Gasteiger partial charge in [-0.1, -0.05) is 18.2 Å². The van der Waals surface area contributed by atoms with Gasteiger partial charge in [-0.15, -0.1) is 11.8 Å². The molecule has 7 heteroatoms. The minimum absolute atomic E-state index is 0.0928. The summed E-state index contributed by atoms with van der Waals surface area (Å²) in [5.41, 5.74) is 4.07. The Labute approximate surface area is 186 Å². The summed E-state index contributed by atoms with van der Waals surface area (Å²) in [7, 11) is 4.65. The van der Waals surface area contributed by atoms with Crippen molar-refractivity contribution in [2.75, 3.05) is 32.4 Å². The number of pyridine rings is 1. The van der Waals surface area contributed by atoms with E-state index in [4.69, 9.17) is 19.2 Å². The molecule has 1 aliphatic rings. The topological polar surface area (TPSA) is 69.7 Å². The van der Waals surface area contributed by atoms with Crippen LogP contribution >= 0.6 is 11.8 Å². The molecule has 0 fully saturated rings. The van der Waals surface area contributed by atoms with E-state index in [1.165, 1.54) is 22.6 Å². The normalized spacial score (nSPS) is 12.9. The van der Waals surface area contributed by atoms with Gasteiger partial charge in [-0.3, -0.25) is 9.78 Å². The first kappa shape index (κ1) is 21.3. The Kier molecular flexibility index (Phi) is 6.51. The van der Waals surface area contributed by atoms with E-state index in [9.17, 15) is 4.79 Å². The molecule has 3 aromatic rings. The standard InChI is InChI=1S/C24H26N2O4S/c1-28-20-12-15(13-21(29-2)23(20)30-3)25-22(27)14-31-24-16-8-4-6-10-18(16)26-19-11-7-5-9-17(19)24/h4,6,8,10,12-13H,5,7,9,11,14H2,1-3H3,(H,25,27). The third-order valence-electron chi connectivity index (χ3n) is 5.41. The highest BCUT2D eigenvalue weighted by Gasteiger charge is 2.20. The van der Waals surface area contributed by atoms with Crippen molar-refractivity contribution in [2.24, 2.45) is 0 Å². The number of ether oxygens (including phenoxy) is 3. The fourth-order valence-electron chi connectivity index (χ4n) is 3.98. The quantitative estimate of drug-likeness (QED) is 0.531. The summed E-state index contributed by atoms with van der Waals surface area (Å²) in [4.78, 5) is 18.8. The smallest absolute Gasteiger partial charge is 0.234 e. The maximum Gasteiger partial charge on any atom is 0.234 e. The molecule has 4 rings (SSSR count). The zero-order valence-electron chi connectivity index (χ0n) is 18.0. The van der Waals surface area contributed by atoms with Crippen LogP contribution in [0.3, 0.4) is 0 Å². The van der Waals surface area contributed by atoms with E-state index in [1.54, 1.807) is 45.2 Å². The number of nitrogens with zero attached hydrogens (tertiary/aromatic N) is 1. The predicted molar refractivity (Wildman–Crippen MR) is 124 cm³/mol. The number of benzene rings is 2. The molecule has 0 saturated heterocycles. The van der Waals surface area contributed by atoms with Crippen molar-refractivity contribution in [2.45, 2.75) is 30.6 Å². The molecule has 0 spiro atoms. The molecule has 1 amide bonds. The second kappa shape index (κ2) is 9.47. The number of hydrogen-bond donors (Lipinski definition) is 1. The number of fused-ring (bicyclic) bond motifs is 2. The number of carbonyl (C=O) groups is 1. The van der Waals surface area contributed by atoms with Crippen molar-refractivity contribution in [3.63, 3.8) is 0 Å². The van der Waals surface area contributed by atoms with E-state index in [0.29, 0.717) is 28.7 Å². The summed E-state index contributed by atoms with van der Waals surface area (Å²) >= 11 is 1.58. The third kappa shape index (κ3) is 4.42. The summed E-state index contributed by atoms with van der Waals surface area (Å²) < 4.78 is 16.1. The molecule has 162 valence electrons. The number of nitrogens with one attached hydrogen (secondary N) is 1. The average molecular weight is 439 g/mol. The summed E-state index contributed by atoms with van der Waals surface area (Å²) in [6.45, 7) is 0. The Morgan fingerprint density at radius 1 is 1.03 bits per heavy atom. The molecule has 0 atom stereocenters. The number of anilines is 1. The van der Waals surface area contributed by atoms with Crippen LogP contribution in [0.25, 0.3) is 10.9 Å². The second-order valence-electron chi connectivity index (χ2n) is 7.34. The summed E-state index contributed by atoms with van der Waals surface area (Å²) in [6, 6.07) is 11.6. The maximum atomic E-state index is 12.8. The van der Waals surface area contributed by atoms with Gasteiger partial charge in [-0.05, 0) is 37.3 Å². The Morgan fingerprint density at radius 2 is 1.74 bits per heavy atom. The highest BCUT2D eigenvalue weighted by molar-refractivity contribution is 8.00. The molecule has 0 bridgehead atoms. The Bertz CT molecular complexity index is 1090. The zero-order chi connectivity index (χ0) is 21.8. The molecule has 0 unspecified atom stereocenters. The monoisotopic (exact) mass is 438 g/mol. The van der Waals surface area contributed by atoms with Crippen molar-refractivity contribution >= 4 is 34.3 Å². The molecule has 1 N–H and O–H groups in total. The zero-order valence-corrected chi connectivity index (χ0v) is 18.8. The molecule has 1 aromatic heterocycles. The Morgan fingerprint density at radius 3 is 2.45 bits per heavy atom. The van der Waals surface area contributed by atoms with E-state index >= 15 is 0 Å². The van der Waals surface area contributed by atoms with Gasteiger partial charge < -0.3 is 19.5 Å². The van der Waals surface area contributed by atoms with Crippen LogP contribution in [0.2, 0.25) is 0 Å². The molecule has 0 radical (unpaired) electrons. The van der Waals surface area contributed by atoms with Crippen molar-refractivity contribution in [3.8, 4) is 17.2 Å². The van der Waals surface area contributed by atoms with Gasteiger partial charge in [0.25, 0.3) is 0 Å². The van der Waals surface area contributed by atoms with Crippen LogP contribution in [0, 0.1) is 0 Å². The van der Waals surface area contributed by atoms with E-state index < -0.39 is 0 Å². The molecule has 31 heavy (non-hydrogen) atoms. The van der Waals surface area contributed by atoms with Crippen LogP contribution in [-0.2, 0) is 17.6 Å². The molecular weight excluding hydrogens is 412 g/mol. The van der Waals surface area contributed by atoms with E-state index in [1.807, 2.05) is 18.2 Å². The first-order valence-corrected chi connectivity index (χ1v) is 11.3. The van der Waals surface area contributed by atoms with Gasteiger partial charge in [-0.25, -0.2) is 0 Å². The number of para-hydroxylation sites is 1. The first-order chi connectivity index (χ1) is 15.1. The van der Waals surface area contributed by atoms with Crippen molar-refractivity contribution < 1.29 is 19.0 Å². The number of aromatic nitrogens is 1. The highest BCUT2D eigenvalue weighted by atomic mass is 32.2. The molecule has 2 aromatic carbocycles. The molecule has 1 aliphatic carbocycles. The van der Waals surface area contributed by atoms with Crippen LogP contribution in [0.15, 0.2) is 41.3 Å². The van der Waals surface area contributed by atoms with E-state index in [2.05, 4.69) is 11.4 Å².